The number of halogens is 1. The van der Waals surface area contributed by atoms with Gasteiger partial charge in [0.05, 0.1) is 39.0 Å². The molecule has 4 aromatic rings. The number of hydrogen-bond donors (Lipinski definition) is 1. The lowest BCUT2D eigenvalue weighted by Gasteiger charge is -2.20. The molecule has 4 rings (SSSR count). The van der Waals surface area contributed by atoms with Crippen LogP contribution in [0.15, 0.2) is 71.5 Å². The van der Waals surface area contributed by atoms with Gasteiger partial charge in [-0.15, -0.1) is 0 Å². The molecule has 190 valence electrons. The molecule has 0 fully saturated rings. The first kappa shape index (κ1) is 25.6. The van der Waals surface area contributed by atoms with Gasteiger partial charge in [-0.1, -0.05) is 29.8 Å². The Morgan fingerprint density at radius 1 is 0.919 bits per heavy atom. The largest absolute Gasteiger partial charge is 0.514 e. The third kappa shape index (κ3) is 5.22. The molecule has 10 heteroatoms. The van der Waals surface area contributed by atoms with E-state index in [2.05, 4.69) is 5.32 Å². The molecule has 0 bridgehead atoms. The SMILES string of the molecule is COC(=O)Oc1c(CNC(=O)c2ccc(OC)c(OC)c2)c(=O)c2ccc(Cl)cc2n1-c1ccccc1. The van der Waals surface area contributed by atoms with Gasteiger partial charge in [0.1, 0.15) is 0 Å². The van der Waals surface area contributed by atoms with E-state index in [4.69, 9.17) is 30.5 Å². The van der Waals surface area contributed by atoms with E-state index in [0.29, 0.717) is 33.1 Å². The first-order chi connectivity index (χ1) is 17.9. The Labute approximate surface area is 217 Å². The number of para-hydroxylation sites is 1. The molecule has 9 nitrogen and oxygen atoms in total. The van der Waals surface area contributed by atoms with Gasteiger partial charge in [-0.25, -0.2) is 4.79 Å². The van der Waals surface area contributed by atoms with Crippen LogP contribution in [0.5, 0.6) is 17.4 Å². The zero-order valence-corrected chi connectivity index (χ0v) is 21.0. The molecule has 0 aliphatic carbocycles. The second kappa shape index (κ2) is 11.0. The predicted octanol–water partition coefficient (Wildman–Crippen LogP) is 4.74. The van der Waals surface area contributed by atoms with Crippen LogP contribution in [-0.4, -0.2) is 38.0 Å². The average Bonchev–Trinajstić information content (AvgIpc) is 2.92. The van der Waals surface area contributed by atoms with E-state index in [1.807, 2.05) is 6.07 Å². The van der Waals surface area contributed by atoms with Crippen LogP contribution in [0, 0.1) is 0 Å². The maximum Gasteiger partial charge on any atom is 0.514 e. The molecule has 0 atom stereocenters. The molecule has 3 aromatic carbocycles. The number of aromatic nitrogens is 1. The number of hydrogen-bond acceptors (Lipinski definition) is 7. The fourth-order valence-electron chi connectivity index (χ4n) is 3.85. The summed E-state index contributed by atoms with van der Waals surface area (Å²) >= 11 is 6.25. The molecule has 0 unspecified atom stereocenters. The van der Waals surface area contributed by atoms with Gasteiger partial charge < -0.3 is 24.3 Å². The summed E-state index contributed by atoms with van der Waals surface area (Å²) in [6.07, 6.45) is -1.03. The van der Waals surface area contributed by atoms with Gasteiger partial charge in [-0.05, 0) is 48.5 Å². The van der Waals surface area contributed by atoms with Crippen LogP contribution < -0.4 is 25.0 Å². The normalized spacial score (nSPS) is 10.6. The number of carbonyl (C=O) groups excluding carboxylic acids is 2. The highest BCUT2D eigenvalue weighted by Gasteiger charge is 2.23. The van der Waals surface area contributed by atoms with Gasteiger partial charge in [0, 0.05) is 21.7 Å². The number of rotatable bonds is 7. The Balaban J connectivity index is 1.85. The van der Waals surface area contributed by atoms with Gasteiger partial charge in [0.25, 0.3) is 5.91 Å². The Bertz CT molecular complexity index is 1530. The number of nitrogens with one attached hydrogen (secondary N) is 1. The highest BCUT2D eigenvalue weighted by Crippen LogP contribution is 2.30. The Morgan fingerprint density at radius 2 is 1.65 bits per heavy atom. The molecule has 0 aliphatic rings. The van der Waals surface area contributed by atoms with Crippen molar-refractivity contribution < 1.29 is 28.5 Å². The average molecular weight is 523 g/mol. The number of pyridine rings is 1. The summed E-state index contributed by atoms with van der Waals surface area (Å²) in [6.45, 7) is -0.246. The number of amides is 1. The van der Waals surface area contributed by atoms with Crippen LogP contribution >= 0.6 is 11.6 Å². The van der Waals surface area contributed by atoms with Crippen LogP contribution in [0.4, 0.5) is 4.79 Å². The lowest BCUT2D eigenvalue weighted by atomic mass is 10.1. The van der Waals surface area contributed by atoms with Crippen molar-refractivity contribution >= 4 is 34.6 Å². The summed E-state index contributed by atoms with van der Waals surface area (Å²) in [7, 11) is 4.11. The van der Waals surface area contributed by atoms with Gasteiger partial charge >= 0.3 is 6.16 Å². The summed E-state index contributed by atoms with van der Waals surface area (Å²) in [5.41, 5.74) is 0.894. The number of fused-ring (bicyclic) bond motifs is 1. The van der Waals surface area contributed by atoms with Crippen LogP contribution in [0.2, 0.25) is 5.02 Å². The van der Waals surface area contributed by atoms with E-state index in [9.17, 15) is 14.4 Å². The molecule has 37 heavy (non-hydrogen) atoms. The summed E-state index contributed by atoms with van der Waals surface area (Å²) in [5, 5.41) is 3.43. The molecule has 0 spiro atoms. The fraction of sp³-hybridized carbons (Fsp3) is 0.148. The zero-order valence-electron chi connectivity index (χ0n) is 20.2. The summed E-state index contributed by atoms with van der Waals surface area (Å²) in [5.74, 6) is 0.253. The highest BCUT2D eigenvalue weighted by atomic mass is 35.5. The third-order valence-electron chi connectivity index (χ3n) is 5.61. The number of nitrogens with zero attached hydrogens (tertiary/aromatic N) is 1. The van der Waals surface area contributed by atoms with E-state index >= 15 is 0 Å². The Hall–Kier alpha value is -4.50. The molecule has 0 aliphatic heterocycles. The van der Waals surface area contributed by atoms with Gasteiger partial charge in [0.15, 0.2) is 16.9 Å². The van der Waals surface area contributed by atoms with Crippen LogP contribution in [-0.2, 0) is 11.3 Å². The topological polar surface area (TPSA) is 105 Å². The second-order valence-electron chi connectivity index (χ2n) is 7.75. The van der Waals surface area contributed by atoms with E-state index in [0.717, 1.165) is 7.11 Å². The van der Waals surface area contributed by atoms with E-state index in [-0.39, 0.29) is 23.6 Å². The predicted molar refractivity (Wildman–Crippen MR) is 138 cm³/mol. The number of ether oxygens (including phenoxy) is 4. The molecule has 0 saturated carbocycles. The maximum atomic E-state index is 13.6. The number of methoxy groups -OCH3 is 3. The Morgan fingerprint density at radius 3 is 2.32 bits per heavy atom. The number of benzene rings is 3. The molecule has 1 N–H and O–H groups in total. The molecule has 1 heterocycles. The molecule has 0 saturated heterocycles. The van der Waals surface area contributed by atoms with Crippen molar-refractivity contribution in [3.63, 3.8) is 0 Å². The van der Waals surface area contributed by atoms with Crippen LogP contribution in [0.25, 0.3) is 16.6 Å². The summed E-state index contributed by atoms with van der Waals surface area (Å²) in [4.78, 5) is 38.8. The molecule has 0 radical (unpaired) electrons. The standard InChI is InChI=1S/C27H23ClN2O7/c1-34-22-12-9-16(13-23(22)35-2)25(32)29-15-20-24(31)19-11-10-17(28)14-21(19)30(18-7-5-4-6-8-18)26(20)37-27(33)36-3/h4-14H,15H2,1-3H3,(H,29,32). The number of carbonyl (C=O) groups is 2. The molecular weight excluding hydrogens is 500 g/mol. The zero-order chi connectivity index (χ0) is 26.5. The minimum Gasteiger partial charge on any atom is -0.493 e. The van der Waals surface area contributed by atoms with Gasteiger partial charge in [-0.3, -0.25) is 14.2 Å². The quantitative estimate of drug-likeness (QED) is 0.350. The monoisotopic (exact) mass is 522 g/mol. The lowest BCUT2D eigenvalue weighted by molar-refractivity contribution is 0.0950. The molecule has 1 aromatic heterocycles. The van der Waals surface area contributed by atoms with E-state index < -0.39 is 17.5 Å². The van der Waals surface area contributed by atoms with Crippen molar-refractivity contribution in [3.8, 4) is 23.1 Å². The second-order valence-corrected chi connectivity index (χ2v) is 8.19. The molecule has 1 amide bonds. The van der Waals surface area contributed by atoms with Crippen molar-refractivity contribution in [3.05, 3.63) is 93.1 Å². The lowest BCUT2D eigenvalue weighted by Crippen LogP contribution is -2.29. The summed E-state index contributed by atoms with van der Waals surface area (Å²) < 4.78 is 22.2. The highest BCUT2D eigenvalue weighted by molar-refractivity contribution is 6.31. The van der Waals surface area contributed by atoms with Gasteiger partial charge in [-0.2, -0.15) is 0 Å². The van der Waals surface area contributed by atoms with E-state index in [1.165, 1.54) is 20.3 Å². The first-order valence-electron chi connectivity index (χ1n) is 11.1. The maximum absolute atomic E-state index is 13.6. The van der Waals surface area contributed by atoms with Crippen molar-refractivity contribution in [2.24, 2.45) is 0 Å². The first-order valence-corrected chi connectivity index (χ1v) is 11.4. The van der Waals surface area contributed by atoms with E-state index in [1.54, 1.807) is 59.2 Å². The van der Waals surface area contributed by atoms with Crippen molar-refractivity contribution in [1.82, 2.24) is 9.88 Å². The fourth-order valence-corrected chi connectivity index (χ4v) is 4.02. The van der Waals surface area contributed by atoms with Crippen LogP contribution in [0.3, 0.4) is 0 Å². The third-order valence-corrected chi connectivity index (χ3v) is 5.85. The summed E-state index contributed by atoms with van der Waals surface area (Å²) in [6, 6.07) is 18.4. The van der Waals surface area contributed by atoms with Crippen molar-refractivity contribution in [1.29, 1.82) is 0 Å². The smallest absolute Gasteiger partial charge is 0.493 e. The Kier molecular flexibility index (Phi) is 7.64. The van der Waals surface area contributed by atoms with Crippen LogP contribution in [0.1, 0.15) is 15.9 Å². The minimum atomic E-state index is -1.03. The van der Waals surface area contributed by atoms with Crippen molar-refractivity contribution in [2.75, 3.05) is 21.3 Å². The minimum absolute atomic E-state index is 0.0397. The van der Waals surface area contributed by atoms with Gasteiger partial charge in [0.2, 0.25) is 5.88 Å². The van der Waals surface area contributed by atoms with Crippen molar-refractivity contribution in [2.45, 2.75) is 6.54 Å². The molecular formula is C27H23ClN2O7.